The molecule has 1 aliphatic rings. The third-order valence-electron chi connectivity index (χ3n) is 3.49. The van der Waals surface area contributed by atoms with E-state index in [2.05, 4.69) is 39.9 Å². The fourth-order valence-electron chi connectivity index (χ4n) is 2.15. The van der Waals surface area contributed by atoms with Crippen LogP contribution in [0.3, 0.4) is 0 Å². The first-order valence-corrected chi connectivity index (χ1v) is 8.35. The second-order valence-electron chi connectivity index (χ2n) is 4.84. The molecule has 0 aliphatic carbocycles. The van der Waals surface area contributed by atoms with Crippen molar-refractivity contribution in [2.45, 2.75) is 18.4 Å². The van der Waals surface area contributed by atoms with Gasteiger partial charge in [0.25, 0.3) is 5.91 Å². The van der Waals surface area contributed by atoms with E-state index in [0.717, 1.165) is 28.8 Å². The zero-order valence-electron chi connectivity index (χ0n) is 10.6. The predicted octanol–water partition coefficient (Wildman–Crippen LogP) is 1.83. The minimum absolute atomic E-state index is 0.0866. The highest BCUT2D eigenvalue weighted by atomic mass is 127. The van der Waals surface area contributed by atoms with Crippen LogP contribution in [0.25, 0.3) is 0 Å². The molecule has 104 valence electrons. The lowest BCUT2D eigenvalue weighted by atomic mass is 9.87. The van der Waals surface area contributed by atoms with Crippen molar-refractivity contribution < 1.29 is 4.79 Å². The van der Waals surface area contributed by atoms with Gasteiger partial charge in [-0.2, -0.15) is 0 Å². The van der Waals surface area contributed by atoms with E-state index in [-0.39, 0.29) is 5.91 Å². The molecule has 2 rings (SSSR count). The maximum absolute atomic E-state index is 12.3. The minimum atomic E-state index is -0.535. The van der Waals surface area contributed by atoms with E-state index in [4.69, 9.17) is 18.0 Å². The fraction of sp³-hybridized carbons (Fsp3) is 0.500. The predicted molar refractivity (Wildman–Crippen MR) is 90.7 cm³/mol. The summed E-state index contributed by atoms with van der Waals surface area (Å²) in [6.45, 7) is 1.78. The Kier molecular flexibility index (Phi) is 4.80. The smallest absolute Gasteiger partial charge is 0.252 e. The van der Waals surface area contributed by atoms with Gasteiger partial charge in [-0.1, -0.05) is 12.2 Å². The zero-order chi connectivity index (χ0) is 14.0. The maximum atomic E-state index is 12.3. The summed E-state index contributed by atoms with van der Waals surface area (Å²) in [5.74, 6) is -0.0866. The van der Waals surface area contributed by atoms with Crippen LogP contribution in [-0.4, -0.2) is 41.5 Å². The van der Waals surface area contributed by atoms with Crippen LogP contribution >= 0.6 is 46.1 Å². The number of nitrogens with zero attached hydrogens (tertiary/aromatic N) is 1. The Morgan fingerprint density at radius 3 is 2.68 bits per heavy atom. The number of carbonyl (C=O) groups is 1. The van der Waals surface area contributed by atoms with Gasteiger partial charge in [0.2, 0.25) is 0 Å². The van der Waals surface area contributed by atoms with E-state index >= 15 is 0 Å². The first-order valence-electron chi connectivity index (χ1n) is 5.98. The Morgan fingerprint density at radius 2 is 2.21 bits per heavy atom. The minimum Gasteiger partial charge on any atom is -0.391 e. The lowest BCUT2D eigenvalue weighted by Gasteiger charge is -2.40. The molecule has 1 fully saturated rings. The van der Waals surface area contributed by atoms with Crippen molar-refractivity contribution >= 4 is 57.0 Å². The van der Waals surface area contributed by atoms with Crippen LogP contribution in [0.2, 0.25) is 0 Å². The van der Waals surface area contributed by atoms with Gasteiger partial charge in [-0.3, -0.25) is 4.79 Å². The molecule has 0 unspecified atom stereocenters. The summed E-state index contributed by atoms with van der Waals surface area (Å²) in [5, 5.41) is 4.91. The third-order valence-corrected chi connectivity index (χ3v) is 5.67. The average molecular weight is 409 g/mol. The first-order chi connectivity index (χ1) is 8.93. The van der Waals surface area contributed by atoms with Crippen molar-refractivity contribution in [1.82, 2.24) is 10.2 Å². The van der Waals surface area contributed by atoms with Crippen LogP contribution in [0, 0.1) is 2.88 Å². The molecule has 4 nitrogen and oxygen atoms in total. The molecule has 2 heterocycles. The van der Waals surface area contributed by atoms with Crippen molar-refractivity contribution in [3.05, 3.63) is 19.9 Å². The molecule has 0 bridgehead atoms. The normalized spacial score (nSPS) is 19.1. The van der Waals surface area contributed by atoms with Gasteiger partial charge in [0.05, 0.1) is 19.0 Å². The number of thiophene rings is 1. The number of likely N-dealkylation sites (tertiary alicyclic amines) is 1. The van der Waals surface area contributed by atoms with Crippen LogP contribution in [0.4, 0.5) is 0 Å². The Hall–Kier alpha value is -0.250. The lowest BCUT2D eigenvalue weighted by molar-refractivity contribution is 0.0890. The molecular formula is C12H16IN3OS2. The van der Waals surface area contributed by atoms with Crippen LogP contribution in [0.15, 0.2) is 11.4 Å². The standard InChI is InChI=1S/C12H16IN3OS2/c1-16-4-2-12(3-5-16,11(14)18)15-10(17)8-6-9(13)19-7-8/h6-7H,2-5H2,1H3,(H2,14,18)(H,15,17). The number of carbonyl (C=O) groups excluding carboxylic acids is 1. The van der Waals surface area contributed by atoms with Crippen molar-refractivity contribution in [2.75, 3.05) is 20.1 Å². The molecular weight excluding hydrogens is 393 g/mol. The lowest BCUT2D eigenvalue weighted by Crippen LogP contribution is -2.61. The number of hydrogen-bond acceptors (Lipinski definition) is 4. The molecule has 0 radical (unpaired) electrons. The van der Waals surface area contributed by atoms with Gasteiger partial charge in [-0.25, -0.2) is 0 Å². The number of halogens is 1. The summed E-state index contributed by atoms with van der Waals surface area (Å²) in [5.41, 5.74) is 6.03. The first kappa shape index (κ1) is 15.1. The van der Waals surface area contributed by atoms with Gasteiger partial charge in [-0.15, -0.1) is 11.3 Å². The van der Waals surface area contributed by atoms with Crippen LogP contribution in [0.1, 0.15) is 23.2 Å². The zero-order valence-corrected chi connectivity index (χ0v) is 14.4. The van der Waals surface area contributed by atoms with Crippen LogP contribution < -0.4 is 11.1 Å². The Morgan fingerprint density at radius 1 is 1.58 bits per heavy atom. The van der Waals surface area contributed by atoms with Crippen molar-refractivity contribution in [3.63, 3.8) is 0 Å². The van der Waals surface area contributed by atoms with E-state index in [1.807, 2.05) is 11.4 Å². The van der Waals surface area contributed by atoms with Gasteiger partial charge in [-0.05, 0) is 48.5 Å². The van der Waals surface area contributed by atoms with E-state index < -0.39 is 5.54 Å². The third kappa shape index (κ3) is 3.45. The maximum Gasteiger partial charge on any atom is 0.252 e. The number of thiocarbonyl (C=S) groups is 1. The van der Waals surface area contributed by atoms with Gasteiger partial charge < -0.3 is 16.0 Å². The van der Waals surface area contributed by atoms with E-state index in [1.54, 1.807) is 11.3 Å². The Bertz CT molecular complexity index is 495. The molecule has 0 atom stereocenters. The summed E-state index contributed by atoms with van der Waals surface area (Å²) in [6, 6.07) is 1.88. The molecule has 1 saturated heterocycles. The monoisotopic (exact) mass is 409 g/mol. The number of piperidine rings is 1. The van der Waals surface area contributed by atoms with E-state index in [1.165, 1.54) is 0 Å². The Labute approximate surface area is 135 Å². The molecule has 0 saturated carbocycles. The summed E-state index contributed by atoms with van der Waals surface area (Å²) >= 11 is 8.95. The largest absolute Gasteiger partial charge is 0.391 e. The molecule has 0 aromatic carbocycles. The summed E-state index contributed by atoms with van der Waals surface area (Å²) in [6.07, 6.45) is 1.54. The van der Waals surface area contributed by atoms with Gasteiger partial charge >= 0.3 is 0 Å². The van der Waals surface area contributed by atoms with Crippen molar-refractivity contribution in [3.8, 4) is 0 Å². The second-order valence-corrected chi connectivity index (χ2v) is 8.09. The number of nitrogens with one attached hydrogen (secondary N) is 1. The number of hydrogen-bond donors (Lipinski definition) is 2. The number of rotatable bonds is 3. The van der Waals surface area contributed by atoms with Crippen molar-refractivity contribution in [2.24, 2.45) is 5.73 Å². The quantitative estimate of drug-likeness (QED) is 0.591. The fourth-order valence-corrected chi connectivity index (χ4v) is 3.73. The van der Waals surface area contributed by atoms with Gasteiger partial charge in [0, 0.05) is 18.5 Å². The van der Waals surface area contributed by atoms with Crippen molar-refractivity contribution in [1.29, 1.82) is 0 Å². The molecule has 1 aliphatic heterocycles. The van der Waals surface area contributed by atoms with E-state index in [9.17, 15) is 4.79 Å². The Balaban J connectivity index is 2.13. The summed E-state index contributed by atoms with van der Waals surface area (Å²) in [4.78, 5) is 14.9. The molecule has 7 heteroatoms. The molecule has 1 amide bonds. The van der Waals surface area contributed by atoms with Crippen LogP contribution in [0.5, 0.6) is 0 Å². The summed E-state index contributed by atoms with van der Waals surface area (Å²) < 4.78 is 1.09. The highest BCUT2D eigenvalue weighted by molar-refractivity contribution is 14.1. The molecule has 3 N–H and O–H groups in total. The van der Waals surface area contributed by atoms with E-state index in [0.29, 0.717) is 10.6 Å². The average Bonchev–Trinajstić information content (AvgIpc) is 2.79. The topological polar surface area (TPSA) is 58.4 Å². The molecule has 0 spiro atoms. The van der Waals surface area contributed by atoms with Gasteiger partial charge in [0.15, 0.2) is 0 Å². The molecule has 19 heavy (non-hydrogen) atoms. The SMILES string of the molecule is CN1CCC(NC(=O)c2csc(I)c2)(C(N)=S)CC1. The molecule has 1 aromatic heterocycles. The highest BCUT2D eigenvalue weighted by Gasteiger charge is 2.38. The van der Waals surface area contributed by atoms with Crippen LogP contribution in [-0.2, 0) is 0 Å². The molecule has 1 aromatic rings. The highest BCUT2D eigenvalue weighted by Crippen LogP contribution is 2.24. The number of amides is 1. The summed E-state index contributed by atoms with van der Waals surface area (Å²) in [7, 11) is 2.06. The second kappa shape index (κ2) is 6.02. The van der Waals surface area contributed by atoms with Gasteiger partial charge in [0.1, 0.15) is 0 Å². The number of nitrogens with two attached hydrogens (primary N) is 1.